The number of phenols is 1. The number of alkyl halides is 2. The number of hydrogen-bond acceptors (Lipinski definition) is 8. The van der Waals surface area contributed by atoms with E-state index in [0.717, 1.165) is 24.3 Å². The molecule has 3 N–H and O–H groups in total. The first kappa shape index (κ1) is 26.0. The first-order valence-corrected chi connectivity index (χ1v) is 12.4. The van der Waals surface area contributed by atoms with E-state index >= 15 is 0 Å². The number of aromatic nitrogens is 3. The molecule has 11 nitrogen and oxygen atoms in total. The third kappa shape index (κ3) is 5.08. The maximum atomic E-state index is 13.0. The van der Waals surface area contributed by atoms with Crippen molar-refractivity contribution in [3.05, 3.63) is 66.9 Å². The maximum Gasteiger partial charge on any atom is 0.349 e. The third-order valence-corrected chi connectivity index (χ3v) is 7.62. The van der Waals surface area contributed by atoms with Gasteiger partial charge in [0.05, 0.1) is 15.7 Å². The number of phenolic OH excluding ortho intramolecular Hbond substituents is 1. The lowest BCUT2D eigenvalue weighted by molar-refractivity contribution is 0.141. The minimum absolute atomic E-state index is 0.0302. The zero-order chi connectivity index (χ0) is 26.2. The number of rotatable bonds is 6. The van der Waals surface area contributed by atoms with Crippen molar-refractivity contribution in [2.24, 2.45) is 0 Å². The zero-order valence-electron chi connectivity index (χ0n) is 18.0. The molecule has 0 unspecified atom stereocenters. The molecule has 0 aliphatic carbocycles. The summed E-state index contributed by atoms with van der Waals surface area (Å²) in [5, 5.41) is 16.2. The molecule has 16 heteroatoms. The quantitative estimate of drug-likeness (QED) is 0.413. The van der Waals surface area contributed by atoms with Gasteiger partial charge in [0.25, 0.3) is 12.0 Å². The number of nitrogens with zero attached hydrogens (tertiary/aromatic N) is 3. The number of halogens is 4. The molecule has 192 valence electrons. The second-order valence-corrected chi connectivity index (χ2v) is 10.2. The summed E-state index contributed by atoms with van der Waals surface area (Å²) >= 11 is 12.5. The molecule has 0 saturated carbocycles. The highest BCUT2D eigenvalue weighted by atomic mass is 35.5. The fourth-order valence-corrected chi connectivity index (χ4v) is 5.49. The Kier molecular flexibility index (Phi) is 7.33. The minimum Gasteiger partial charge on any atom is -0.507 e. The molecule has 0 spiro atoms. The molecule has 36 heavy (non-hydrogen) atoms. The number of ether oxygens (including phenoxy) is 1. The summed E-state index contributed by atoms with van der Waals surface area (Å²) in [6, 6.07) is 5.79. The summed E-state index contributed by atoms with van der Waals surface area (Å²) in [4.78, 5) is 25.0. The first-order chi connectivity index (χ1) is 17.0. The molecule has 1 aliphatic rings. The van der Waals surface area contributed by atoms with Crippen LogP contribution in [0.4, 0.5) is 8.78 Å². The van der Waals surface area contributed by atoms with Crippen molar-refractivity contribution in [2.45, 2.75) is 11.3 Å². The lowest BCUT2D eigenvalue weighted by Crippen LogP contribution is -2.46. The Morgan fingerprint density at radius 1 is 1.08 bits per heavy atom. The van der Waals surface area contributed by atoms with Crippen molar-refractivity contribution in [3.8, 4) is 22.9 Å². The Labute approximate surface area is 211 Å². The van der Waals surface area contributed by atoms with E-state index in [4.69, 9.17) is 27.9 Å². The molecule has 1 saturated heterocycles. The largest absolute Gasteiger partial charge is 0.507 e. The number of aromatic amines is 1. The Morgan fingerprint density at radius 2 is 1.72 bits per heavy atom. The Bertz CT molecular complexity index is 1520. The van der Waals surface area contributed by atoms with E-state index in [1.54, 1.807) is 4.98 Å². The highest BCUT2D eigenvalue weighted by Gasteiger charge is 2.29. The van der Waals surface area contributed by atoms with Gasteiger partial charge in [-0.2, -0.15) is 14.1 Å². The summed E-state index contributed by atoms with van der Waals surface area (Å²) in [5.41, 5.74) is -3.76. The van der Waals surface area contributed by atoms with Crippen LogP contribution < -0.4 is 21.3 Å². The number of aromatic hydroxyl groups is 1. The lowest BCUT2D eigenvalue weighted by Gasteiger charge is -2.27. The van der Waals surface area contributed by atoms with Gasteiger partial charge >= 0.3 is 5.69 Å². The van der Waals surface area contributed by atoms with Crippen molar-refractivity contribution < 1.29 is 27.0 Å². The molecule has 1 aromatic heterocycles. The Balaban J connectivity index is 1.69. The molecule has 4 rings (SSSR count). The molecule has 0 radical (unpaired) electrons. The van der Waals surface area contributed by atoms with E-state index in [-0.39, 0.29) is 45.2 Å². The maximum absolute atomic E-state index is 13.0. The van der Waals surface area contributed by atoms with Crippen molar-refractivity contribution in [3.63, 3.8) is 0 Å². The summed E-state index contributed by atoms with van der Waals surface area (Å²) < 4.78 is 59.5. The normalized spacial score (nSPS) is 14.8. The predicted molar refractivity (Wildman–Crippen MR) is 125 cm³/mol. The van der Waals surface area contributed by atoms with E-state index in [9.17, 15) is 31.9 Å². The molecule has 0 bridgehead atoms. The van der Waals surface area contributed by atoms with Crippen molar-refractivity contribution >= 4 is 33.2 Å². The zero-order valence-corrected chi connectivity index (χ0v) is 20.4. The standard InChI is InChI=1S/C20H17Cl2F2N5O6S/c21-12-7-10(29-20(32)26-19(31)16(27-29)18(23)24)8-13(22)17(12)35-11-1-2-14(30)15(9-11)36(33,34)28-5-3-25-4-6-28/h1-2,7-9,18,25,30H,3-6H2,(H,26,31,32). The van der Waals surface area contributed by atoms with Crippen LogP contribution in [0.5, 0.6) is 17.2 Å². The summed E-state index contributed by atoms with van der Waals surface area (Å²) in [5.74, 6) is -0.658. The van der Waals surface area contributed by atoms with Gasteiger partial charge in [0.1, 0.15) is 16.4 Å². The molecule has 0 amide bonds. The van der Waals surface area contributed by atoms with Crippen LogP contribution in [0, 0.1) is 0 Å². The third-order valence-electron chi connectivity index (χ3n) is 5.13. The van der Waals surface area contributed by atoms with Crippen LogP contribution in [-0.4, -0.2) is 58.8 Å². The average Bonchev–Trinajstić information content (AvgIpc) is 2.82. The molecule has 0 atom stereocenters. The van der Waals surface area contributed by atoms with Crippen molar-refractivity contribution in [2.75, 3.05) is 26.2 Å². The number of piperazine rings is 1. The molecular weight excluding hydrogens is 547 g/mol. The van der Waals surface area contributed by atoms with Crippen LogP contribution in [0.1, 0.15) is 12.1 Å². The molecular formula is C20H17Cl2F2N5O6S. The van der Waals surface area contributed by atoms with E-state index in [2.05, 4.69) is 10.4 Å². The first-order valence-electron chi connectivity index (χ1n) is 10.2. The average molecular weight is 564 g/mol. The summed E-state index contributed by atoms with van der Waals surface area (Å²) in [6.07, 6.45) is -3.24. The predicted octanol–water partition coefficient (Wildman–Crippen LogP) is 2.26. The van der Waals surface area contributed by atoms with E-state index in [0.29, 0.717) is 17.8 Å². The monoisotopic (exact) mass is 563 g/mol. The second kappa shape index (κ2) is 10.1. The number of H-pyrrole nitrogens is 1. The van der Waals surface area contributed by atoms with Gasteiger partial charge in [0.2, 0.25) is 10.0 Å². The molecule has 1 aliphatic heterocycles. The lowest BCUT2D eigenvalue weighted by atomic mass is 10.3. The summed E-state index contributed by atoms with van der Waals surface area (Å²) in [7, 11) is -4.03. The molecule has 3 aromatic rings. The van der Waals surface area contributed by atoms with Crippen molar-refractivity contribution in [1.29, 1.82) is 0 Å². The number of sulfonamides is 1. The van der Waals surface area contributed by atoms with Crippen LogP contribution in [0.2, 0.25) is 10.0 Å². The highest BCUT2D eigenvalue weighted by Crippen LogP contribution is 2.39. The van der Waals surface area contributed by atoms with Crippen LogP contribution in [0.25, 0.3) is 5.69 Å². The highest BCUT2D eigenvalue weighted by molar-refractivity contribution is 7.89. The summed E-state index contributed by atoms with van der Waals surface area (Å²) in [6.45, 7) is 1.36. The molecule has 1 fully saturated rings. The minimum atomic E-state index is -4.03. The van der Waals surface area contributed by atoms with Crippen LogP contribution in [-0.2, 0) is 10.0 Å². The van der Waals surface area contributed by atoms with Gasteiger partial charge in [0, 0.05) is 32.2 Å². The number of hydrogen-bond donors (Lipinski definition) is 3. The fourth-order valence-electron chi connectivity index (χ4n) is 3.40. The smallest absolute Gasteiger partial charge is 0.349 e. The van der Waals surface area contributed by atoms with Crippen molar-refractivity contribution in [1.82, 2.24) is 24.4 Å². The van der Waals surface area contributed by atoms with E-state index in [1.165, 1.54) is 10.4 Å². The topological polar surface area (TPSA) is 147 Å². The van der Waals surface area contributed by atoms with E-state index < -0.39 is 39.1 Å². The van der Waals surface area contributed by atoms with Crippen LogP contribution in [0.15, 0.2) is 44.8 Å². The number of nitrogens with one attached hydrogen (secondary N) is 2. The van der Waals surface area contributed by atoms with Gasteiger partial charge < -0.3 is 15.2 Å². The molecule has 2 heterocycles. The van der Waals surface area contributed by atoms with Crippen LogP contribution >= 0.6 is 23.2 Å². The second-order valence-electron chi connectivity index (χ2n) is 7.48. The molecule has 2 aromatic carbocycles. The Hall–Kier alpha value is -3.04. The van der Waals surface area contributed by atoms with Gasteiger partial charge in [0.15, 0.2) is 11.4 Å². The van der Waals surface area contributed by atoms with Crippen LogP contribution in [0.3, 0.4) is 0 Å². The van der Waals surface area contributed by atoms with Gasteiger partial charge in [-0.1, -0.05) is 23.2 Å². The van der Waals surface area contributed by atoms with Gasteiger partial charge in [-0.3, -0.25) is 9.78 Å². The van der Waals surface area contributed by atoms with E-state index in [1.807, 2.05) is 0 Å². The SMILES string of the molecule is O=c1[nH]c(=O)n(-c2cc(Cl)c(Oc3ccc(O)c(S(=O)(=O)N4CCNCC4)c3)c(Cl)c2)nc1C(F)F. The Morgan fingerprint density at radius 3 is 2.33 bits per heavy atom. The van der Waals surface area contributed by atoms with Gasteiger partial charge in [-0.15, -0.1) is 0 Å². The fraction of sp³-hybridized carbons (Fsp3) is 0.250. The van der Waals surface area contributed by atoms with Gasteiger partial charge in [-0.25, -0.2) is 22.0 Å². The number of benzene rings is 2. The van der Waals surface area contributed by atoms with Gasteiger partial charge in [-0.05, 0) is 24.3 Å².